The van der Waals surface area contributed by atoms with Crippen molar-refractivity contribution in [3.8, 4) is 5.69 Å². The zero-order valence-electron chi connectivity index (χ0n) is 17.8. The van der Waals surface area contributed by atoms with Crippen molar-refractivity contribution in [2.75, 3.05) is 24.2 Å². The van der Waals surface area contributed by atoms with E-state index in [9.17, 15) is 19.3 Å². The summed E-state index contributed by atoms with van der Waals surface area (Å²) in [6.45, 7) is 2.72. The number of thioether (sulfide) groups is 1. The van der Waals surface area contributed by atoms with Gasteiger partial charge in [0.1, 0.15) is 0 Å². The first-order valence-electron chi connectivity index (χ1n) is 10.6. The van der Waals surface area contributed by atoms with Crippen molar-refractivity contribution in [3.05, 3.63) is 70.3 Å². The van der Waals surface area contributed by atoms with Crippen LogP contribution in [-0.4, -0.2) is 49.3 Å². The Kier molecular flexibility index (Phi) is 7.30. The lowest BCUT2D eigenvalue weighted by molar-refractivity contribution is -0.387. The Morgan fingerprint density at radius 2 is 1.88 bits per heavy atom. The fourth-order valence-corrected chi connectivity index (χ4v) is 4.48. The Labute approximate surface area is 194 Å². The molecule has 0 bridgehead atoms. The zero-order valence-corrected chi connectivity index (χ0v) is 18.6. The number of rotatable bonds is 8. The van der Waals surface area contributed by atoms with Crippen LogP contribution in [0.1, 0.15) is 25.1 Å². The SMILES string of the molecule is O=C(CSc1nnc(CN2CCCCC2)n1-c1ccccc1)Nc1ccc(F)c([N+](=O)[O-])c1. The van der Waals surface area contributed by atoms with Gasteiger partial charge in [0.2, 0.25) is 11.7 Å². The second-order valence-corrected chi connectivity index (χ2v) is 8.61. The lowest BCUT2D eigenvalue weighted by atomic mass is 10.1. The molecule has 0 spiro atoms. The first-order chi connectivity index (χ1) is 16.0. The Morgan fingerprint density at radius 1 is 1.12 bits per heavy atom. The van der Waals surface area contributed by atoms with E-state index in [1.807, 2.05) is 34.9 Å². The molecule has 1 aliphatic heterocycles. The monoisotopic (exact) mass is 470 g/mol. The van der Waals surface area contributed by atoms with Gasteiger partial charge in [-0.1, -0.05) is 36.4 Å². The third-order valence-electron chi connectivity index (χ3n) is 5.29. The normalized spacial score (nSPS) is 14.2. The number of benzene rings is 2. The van der Waals surface area contributed by atoms with Gasteiger partial charge in [-0.05, 0) is 50.2 Å². The molecule has 0 aliphatic carbocycles. The summed E-state index contributed by atoms with van der Waals surface area (Å²) in [6.07, 6.45) is 3.58. The van der Waals surface area contributed by atoms with E-state index in [0.717, 1.165) is 36.7 Å². The molecule has 1 N–H and O–H groups in total. The fourth-order valence-electron chi connectivity index (χ4n) is 3.71. The van der Waals surface area contributed by atoms with Crippen LogP contribution in [0.3, 0.4) is 0 Å². The summed E-state index contributed by atoms with van der Waals surface area (Å²) in [5, 5.41) is 22.8. The number of nitrogens with one attached hydrogen (secondary N) is 1. The number of para-hydroxylation sites is 1. The van der Waals surface area contributed by atoms with Gasteiger partial charge < -0.3 is 5.32 Å². The van der Waals surface area contributed by atoms with Crippen LogP contribution in [0.5, 0.6) is 0 Å². The number of amides is 1. The van der Waals surface area contributed by atoms with Gasteiger partial charge in [0, 0.05) is 17.4 Å². The third kappa shape index (κ3) is 5.74. The van der Waals surface area contributed by atoms with Crippen molar-refractivity contribution in [1.29, 1.82) is 0 Å². The van der Waals surface area contributed by atoms with Crippen LogP contribution in [-0.2, 0) is 11.3 Å². The summed E-state index contributed by atoms with van der Waals surface area (Å²) in [4.78, 5) is 24.9. The number of halogens is 1. The first-order valence-corrected chi connectivity index (χ1v) is 11.6. The van der Waals surface area contributed by atoms with Crippen LogP contribution < -0.4 is 5.32 Å². The van der Waals surface area contributed by atoms with Crippen molar-refractivity contribution < 1.29 is 14.1 Å². The molecule has 9 nitrogen and oxygen atoms in total. The van der Waals surface area contributed by atoms with Crippen molar-refractivity contribution in [2.24, 2.45) is 0 Å². The molecule has 1 saturated heterocycles. The van der Waals surface area contributed by atoms with E-state index in [0.29, 0.717) is 11.7 Å². The molecular weight excluding hydrogens is 447 g/mol. The number of anilines is 1. The van der Waals surface area contributed by atoms with Gasteiger partial charge in [0.15, 0.2) is 11.0 Å². The van der Waals surface area contributed by atoms with E-state index in [4.69, 9.17) is 0 Å². The molecule has 33 heavy (non-hydrogen) atoms. The molecule has 0 atom stereocenters. The highest BCUT2D eigenvalue weighted by Gasteiger charge is 2.20. The molecule has 172 valence electrons. The molecule has 4 rings (SSSR count). The van der Waals surface area contributed by atoms with E-state index >= 15 is 0 Å². The highest BCUT2D eigenvalue weighted by Crippen LogP contribution is 2.25. The van der Waals surface area contributed by atoms with Gasteiger partial charge in [-0.3, -0.25) is 24.4 Å². The minimum atomic E-state index is -0.954. The van der Waals surface area contributed by atoms with Crippen molar-refractivity contribution in [3.63, 3.8) is 0 Å². The van der Waals surface area contributed by atoms with Gasteiger partial charge >= 0.3 is 5.69 Å². The molecule has 2 aromatic carbocycles. The molecule has 0 radical (unpaired) electrons. The molecule has 1 aliphatic rings. The summed E-state index contributed by atoms with van der Waals surface area (Å²) < 4.78 is 15.5. The molecular formula is C22H23FN6O3S. The second-order valence-electron chi connectivity index (χ2n) is 7.67. The minimum Gasteiger partial charge on any atom is -0.325 e. The average Bonchev–Trinajstić information content (AvgIpc) is 3.22. The zero-order chi connectivity index (χ0) is 23.2. The lowest BCUT2D eigenvalue weighted by Gasteiger charge is -2.26. The first kappa shape index (κ1) is 22.9. The summed E-state index contributed by atoms with van der Waals surface area (Å²) in [5.74, 6) is -0.523. The standard InChI is InChI=1S/C22H23FN6O3S/c23-18-10-9-16(13-19(18)29(31)32)24-21(30)15-33-22-26-25-20(14-27-11-5-2-6-12-27)28(22)17-7-3-1-4-8-17/h1,3-4,7-10,13H,2,5-6,11-12,14-15H2,(H,24,30). The minimum absolute atomic E-state index is 0.0137. The van der Waals surface area contributed by atoms with Gasteiger partial charge in [-0.25, -0.2) is 0 Å². The van der Waals surface area contributed by atoms with Crippen molar-refractivity contribution >= 4 is 29.0 Å². The number of nitrogens with zero attached hydrogens (tertiary/aromatic N) is 5. The lowest BCUT2D eigenvalue weighted by Crippen LogP contribution is -2.30. The predicted molar refractivity (Wildman–Crippen MR) is 123 cm³/mol. The molecule has 1 amide bonds. The quantitative estimate of drug-likeness (QED) is 0.301. The number of nitro benzene ring substituents is 1. The average molecular weight is 471 g/mol. The van der Waals surface area contributed by atoms with Crippen LogP contribution in [0, 0.1) is 15.9 Å². The van der Waals surface area contributed by atoms with E-state index in [-0.39, 0.29) is 17.3 Å². The molecule has 3 aromatic rings. The Morgan fingerprint density at radius 3 is 2.61 bits per heavy atom. The number of hydrogen-bond donors (Lipinski definition) is 1. The van der Waals surface area contributed by atoms with Gasteiger partial charge in [0.05, 0.1) is 17.2 Å². The maximum atomic E-state index is 13.5. The van der Waals surface area contributed by atoms with E-state index in [1.165, 1.54) is 37.1 Å². The van der Waals surface area contributed by atoms with Crippen LogP contribution in [0.25, 0.3) is 5.69 Å². The third-order valence-corrected chi connectivity index (χ3v) is 6.22. The highest BCUT2D eigenvalue weighted by atomic mass is 32.2. The second kappa shape index (κ2) is 10.5. The number of piperidine rings is 1. The van der Waals surface area contributed by atoms with Crippen LogP contribution in [0.2, 0.25) is 0 Å². The van der Waals surface area contributed by atoms with E-state index in [1.54, 1.807) is 0 Å². The Bertz CT molecular complexity index is 1130. The number of likely N-dealkylation sites (tertiary alicyclic amines) is 1. The number of carbonyl (C=O) groups excluding carboxylic acids is 1. The number of hydrogen-bond acceptors (Lipinski definition) is 7. The molecule has 11 heteroatoms. The summed E-state index contributed by atoms with van der Waals surface area (Å²) >= 11 is 1.22. The van der Waals surface area contributed by atoms with Crippen LogP contribution >= 0.6 is 11.8 Å². The van der Waals surface area contributed by atoms with Crippen molar-refractivity contribution in [2.45, 2.75) is 31.0 Å². The van der Waals surface area contributed by atoms with Gasteiger partial charge in [-0.2, -0.15) is 4.39 Å². The number of aromatic nitrogens is 3. The molecule has 0 saturated carbocycles. The van der Waals surface area contributed by atoms with Crippen molar-refractivity contribution in [1.82, 2.24) is 19.7 Å². The van der Waals surface area contributed by atoms with Gasteiger partial charge in [-0.15, -0.1) is 10.2 Å². The predicted octanol–water partition coefficient (Wildman–Crippen LogP) is 4.03. The van der Waals surface area contributed by atoms with Crippen LogP contribution in [0.4, 0.5) is 15.8 Å². The topological polar surface area (TPSA) is 106 Å². The Hall–Kier alpha value is -3.31. The van der Waals surface area contributed by atoms with E-state index < -0.39 is 16.4 Å². The molecule has 2 heterocycles. The maximum Gasteiger partial charge on any atom is 0.306 e. The number of carbonyl (C=O) groups is 1. The number of nitro groups is 1. The molecule has 1 aromatic heterocycles. The molecule has 0 unspecified atom stereocenters. The van der Waals surface area contributed by atoms with Crippen LogP contribution in [0.15, 0.2) is 53.7 Å². The molecule has 1 fully saturated rings. The highest BCUT2D eigenvalue weighted by molar-refractivity contribution is 7.99. The largest absolute Gasteiger partial charge is 0.325 e. The summed E-state index contributed by atoms with van der Waals surface area (Å²) in [7, 11) is 0. The summed E-state index contributed by atoms with van der Waals surface area (Å²) in [6, 6.07) is 13.0. The van der Waals surface area contributed by atoms with Gasteiger partial charge in [0.25, 0.3) is 0 Å². The Balaban J connectivity index is 1.48. The fraction of sp³-hybridized carbons (Fsp3) is 0.318. The maximum absolute atomic E-state index is 13.5. The van der Waals surface area contributed by atoms with E-state index in [2.05, 4.69) is 20.4 Å². The summed E-state index contributed by atoms with van der Waals surface area (Å²) in [5.41, 5.74) is 0.377. The smallest absolute Gasteiger partial charge is 0.306 e.